The van der Waals surface area contributed by atoms with Crippen LogP contribution in [0.15, 0.2) is 22.4 Å². The Morgan fingerprint density at radius 2 is 1.96 bits per heavy atom. The Kier molecular flexibility index (Phi) is 5.13. The van der Waals surface area contributed by atoms with Crippen LogP contribution < -0.4 is 0 Å². The van der Waals surface area contributed by atoms with Crippen molar-refractivity contribution in [3.63, 3.8) is 0 Å². The normalized spacial score (nSPS) is 17.5. The van der Waals surface area contributed by atoms with E-state index in [1.807, 2.05) is 19.9 Å². The van der Waals surface area contributed by atoms with Crippen molar-refractivity contribution in [2.75, 3.05) is 13.1 Å². The number of hydrogen-bond donors (Lipinski definition) is 0. The molecule has 0 radical (unpaired) electrons. The van der Waals surface area contributed by atoms with Crippen LogP contribution in [0.25, 0.3) is 0 Å². The summed E-state index contributed by atoms with van der Waals surface area (Å²) in [5.74, 6) is 0.490. The predicted octanol–water partition coefficient (Wildman–Crippen LogP) is 3.22. The summed E-state index contributed by atoms with van der Waals surface area (Å²) in [6.45, 7) is 8.21. The van der Waals surface area contributed by atoms with Crippen molar-refractivity contribution in [3.8, 4) is 0 Å². The number of aromatic nitrogens is 2. The number of piperidine rings is 1. The fourth-order valence-corrected chi connectivity index (χ4v) is 6.17. The molecule has 3 rings (SSSR count). The minimum Gasteiger partial charge on any atom is -0.269 e. The lowest BCUT2D eigenvalue weighted by Crippen LogP contribution is -2.39. The Bertz CT molecular complexity index is 800. The molecule has 0 saturated carbocycles. The van der Waals surface area contributed by atoms with Gasteiger partial charge in [-0.25, -0.2) is 8.42 Å². The van der Waals surface area contributed by atoms with E-state index >= 15 is 0 Å². The van der Waals surface area contributed by atoms with Crippen molar-refractivity contribution in [1.82, 2.24) is 14.1 Å². The van der Waals surface area contributed by atoms with E-state index in [2.05, 4.69) is 22.8 Å². The molecule has 2 aromatic rings. The summed E-state index contributed by atoms with van der Waals surface area (Å²) >= 11 is 1.40. The summed E-state index contributed by atoms with van der Waals surface area (Å²) in [5, 5.41) is 4.52. The number of rotatable bonds is 5. The van der Waals surface area contributed by atoms with Crippen molar-refractivity contribution in [2.24, 2.45) is 5.92 Å². The van der Waals surface area contributed by atoms with Crippen molar-refractivity contribution in [2.45, 2.75) is 50.8 Å². The molecule has 0 spiro atoms. The second-order valence-corrected chi connectivity index (χ2v) is 9.86. The summed E-state index contributed by atoms with van der Waals surface area (Å²) < 4.78 is 29.7. The molecule has 2 aromatic heterocycles. The minimum absolute atomic E-state index is 0.483. The summed E-state index contributed by atoms with van der Waals surface area (Å²) in [7, 11) is -3.32. The molecule has 0 bridgehead atoms. The second kappa shape index (κ2) is 6.98. The molecule has 0 unspecified atom stereocenters. The van der Waals surface area contributed by atoms with Crippen LogP contribution in [-0.4, -0.2) is 35.6 Å². The SMILES string of the molecule is CCc1ccc(S(=O)(=O)N2CCC(Cn3nc(C)cc3C)CC2)s1. The minimum atomic E-state index is -3.32. The Balaban J connectivity index is 1.63. The molecule has 0 atom stereocenters. The van der Waals surface area contributed by atoms with Gasteiger partial charge in [-0.3, -0.25) is 4.68 Å². The van der Waals surface area contributed by atoms with Gasteiger partial charge >= 0.3 is 0 Å². The van der Waals surface area contributed by atoms with Crippen LogP contribution in [0.4, 0.5) is 0 Å². The van der Waals surface area contributed by atoms with Crippen molar-refractivity contribution < 1.29 is 8.42 Å². The molecule has 7 heteroatoms. The lowest BCUT2D eigenvalue weighted by atomic mass is 9.98. The van der Waals surface area contributed by atoms with Gasteiger partial charge in [0.15, 0.2) is 0 Å². The van der Waals surface area contributed by atoms with Crippen LogP contribution in [0.1, 0.15) is 36.0 Å². The van der Waals surface area contributed by atoms with Gasteiger partial charge in [0.2, 0.25) is 0 Å². The van der Waals surface area contributed by atoms with Gasteiger partial charge in [0.05, 0.1) is 5.69 Å². The van der Waals surface area contributed by atoms with Gasteiger partial charge in [-0.1, -0.05) is 6.92 Å². The first-order valence-corrected chi connectivity index (χ1v) is 10.8. The van der Waals surface area contributed by atoms with Gasteiger partial charge in [-0.05, 0) is 57.2 Å². The van der Waals surface area contributed by atoms with Crippen molar-refractivity contribution in [1.29, 1.82) is 0 Å². The van der Waals surface area contributed by atoms with E-state index in [1.165, 1.54) is 17.0 Å². The molecule has 1 aliphatic heterocycles. The highest BCUT2D eigenvalue weighted by Crippen LogP contribution is 2.29. The number of aryl methyl sites for hydroxylation is 3. The smallest absolute Gasteiger partial charge is 0.252 e. The molecule has 1 fully saturated rings. The molecule has 1 saturated heterocycles. The summed E-state index contributed by atoms with van der Waals surface area (Å²) in [4.78, 5) is 1.12. The van der Waals surface area contributed by atoms with Crippen LogP contribution in [0.3, 0.4) is 0 Å². The molecule has 0 aromatic carbocycles. The molecule has 1 aliphatic rings. The highest BCUT2D eigenvalue weighted by atomic mass is 32.2. The fourth-order valence-electron chi connectivity index (χ4n) is 3.25. The Morgan fingerprint density at radius 1 is 1.25 bits per heavy atom. The first-order valence-electron chi connectivity index (χ1n) is 8.50. The van der Waals surface area contributed by atoms with E-state index in [1.54, 1.807) is 10.4 Å². The lowest BCUT2D eigenvalue weighted by Gasteiger charge is -2.31. The third-order valence-corrected chi connectivity index (χ3v) is 8.28. The van der Waals surface area contributed by atoms with E-state index in [-0.39, 0.29) is 0 Å². The molecule has 132 valence electrons. The molecule has 0 aliphatic carbocycles. The lowest BCUT2D eigenvalue weighted by molar-refractivity contribution is 0.246. The van der Waals surface area contributed by atoms with Crippen LogP contribution in [-0.2, 0) is 23.0 Å². The fraction of sp³-hybridized carbons (Fsp3) is 0.588. The monoisotopic (exact) mass is 367 g/mol. The maximum atomic E-state index is 12.8. The summed E-state index contributed by atoms with van der Waals surface area (Å²) in [6, 6.07) is 5.76. The molecule has 24 heavy (non-hydrogen) atoms. The number of nitrogens with zero attached hydrogens (tertiary/aromatic N) is 3. The quantitative estimate of drug-likeness (QED) is 0.815. The summed E-state index contributed by atoms with van der Waals surface area (Å²) in [6.07, 6.45) is 2.66. The average molecular weight is 368 g/mol. The molecular formula is C17H25N3O2S2. The van der Waals surface area contributed by atoms with Gasteiger partial charge in [0, 0.05) is 30.2 Å². The Labute approximate surface area is 148 Å². The molecule has 3 heterocycles. The maximum absolute atomic E-state index is 12.8. The number of thiophene rings is 1. The van der Waals surface area contributed by atoms with Gasteiger partial charge in [0.25, 0.3) is 10.0 Å². The van der Waals surface area contributed by atoms with Gasteiger partial charge in [0.1, 0.15) is 4.21 Å². The van der Waals surface area contributed by atoms with Crippen LogP contribution in [0.5, 0.6) is 0 Å². The highest BCUT2D eigenvalue weighted by molar-refractivity contribution is 7.91. The first-order chi connectivity index (χ1) is 11.4. The van der Waals surface area contributed by atoms with Crippen molar-refractivity contribution in [3.05, 3.63) is 34.5 Å². The zero-order valence-electron chi connectivity index (χ0n) is 14.5. The van der Waals surface area contributed by atoms with E-state index in [4.69, 9.17) is 0 Å². The maximum Gasteiger partial charge on any atom is 0.252 e. The standard InChI is InChI=1S/C17H25N3O2S2/c1-4-16-5-6-17(23-16)24(21,22)19-9-7-15(8-10-19)12-20-14(3)11-13(2)18-20/h5-6,11,15H,4,7-10,12H2,1-3H3. The highest BCUT2D eigenvalue weighted by Gasteiger charge is 2.30. The Hall–Kier alpha value is -1.18. The van der Waals surface area contributed by atoms with E-state index in [0.717, 1.165) is 36.4 Å². The van der Waals surface area contributed by atoms with Crippen molar-refractivity contribution >= 4 is 21.4 Å². The molecule has 0 amide bonds. The third-order valence-electron chi connectivity index (χ3n) is 4.69. The van der Waals surface area contributed by atoms with Crippen LogP contribution in [0, 0.1) is 19.8 Å². The average Bonchev–Trinajstić information content (AvgIpc) is 3.15. The van der Waals surface area contributed by atoms with E-state index < -0.39 is 10.0 Å². The third kappa shape index (κ3) is 3.58. The number of sulfonamides is 1. The molecular weight excluding hydrogens is 342 g/mol. The van der Waals surface area contributed by atoms with E-state index in [9.17, 15) is 8.42 Å². The van der Waals surface area contributed by atoms with Crippen LogP contribution in [0.2, 0.25) is 0 Å². The van der Waals surface area contributed by atoms with Gasteiger partial charge in [-0.15, -0.1) is 11.3 Å². The second-order valence-electron chi connectivity index (χ2n) is 6.53. The van der Waals surface area contributed by atoms with Gasteiger partial charge in [-0.2, -0.15) is 9.40 Å². The largest absolute Gasteiger partial charge is 0.269 e. The van der Waals surface area contributed by atoms with E-state index in [0.29, 0.717) is 23.2 Å². The zero-order chi connectivity index (χ0) is 17.3. The number of hydrogen-bond acceptors (Lipinski definition) is 4. The Morgan fingerprint density at radius 3 is 2.50 bits per heavy atom. The summed E-state index contributed by atoms with van der Waals surface area (Å²) in [5.41, 5.74) is 2.21. The topological polar surface area (TPSA) is 55.2 Å². The predicted molar refractivity (Wildman–Crippen MR) is 96.9 cm³/mol. The molecule has 5 nitrogen and oxygen atoms in total. The first kappa shape index (κ1) is 17.6. The van der Waals surface area contributed by atoms with Crippen LogP contribution >= 0.6 is 11.3 Å². The zero-order valence-corrected chi connectivity index (χ0v) is 16.2. The molecule has 0 N–H and O–H groups in total. The van der Waals surface area contributed by atoms with Gasteiger partial charge < -0.3 is 0 Å².